The van der Waals surface area contributed by atoms with Crippen molar-refractivity contribution in [2.45, 2.75) is 11.0 Å². The molecule has 5 heteroatoms. The van der Waals surface area contributed by atoms with Crippen LogP contribution in [0.15, 0.2) is 6.20 Å². The first-order valence-electron chi connectivity index (χ1n) is 3.16. The van der Waals surface area contributed by atoms with Gasteiger partial charge in [0.05, 0.1) is 11.0 Å². The number of hydrogen-bond acceptors (Lipinski definition) is 2. The maximum absolute atomic E-state index is 8.70. The van der Waals surface area contributed by atoms with E-state index in [0.29, 0.717) is 6.54 Å². The minimum Gasteiger partial charge on any atom is -0.395 e. The van der Waals surface area contributed by atoms with Crippen molar-refractivity contribution in [2.24, 2.45) is 0 Å². The van der Waals surface area contributed by atoms with Crippen LogP contribution < -0.4 is 0 Å². The maximum atomic E-state index is 8.70. The van der Waals surface area contributed by atoms with Crippen LogP contribution in [-0.2, 0) is 11.0 Å². The van der Waals surface area contributed by atoms with Crippen molar-refractivity contribution in [1.82, 2.24) is 9.55 Å². The fourth-order valence-electron chi connectivity index (χ4n) is 0.827. The van der Waals surface area contributed by atoms with Crippen molar-refractivity contribution in [1.29, 1.82) is 0 Å². The van der Waals surface area contributed by atoms with E-state index in [-0.39, 0.29) is 6.61 Å². The number of aromatic nitrogens is 2. The van der Waals surface area contributed by atoms with Gasteiger partial charge < -0.3 is 9.67 Å². The standard InChI is InChI=1S/C6H8I2N2O/c7-3-6-9-5(8)4-10(6)1-2-11/h4,11H,1-3H2. The molecule has 0 aromatic carbocycles. The van der Waals surface area contributed by atoms with Crippen molar-refractivity contribution in [3.8, 4) is 0 Å². The molecule has 0 aliphatic heterocycles. The van der Waals surface area contributed by atoms with Gasteiger partial charge in [0, 0.05) is 12.7 Å². The van der Waals surface area contributed by atoms with Gasteiger partial charge in [-0.3, -0.25) is 0 Å². The molecule has 0 atom stereocenters. The number of rotatable bonds is 3. The van der Waals surface area contributed by atoms with Crippen molar-refractivity contribution >= 4 is 45.2 Å². The first kappa shape index (κ1) is 9.72. The van der Waals surface area contributed by atoms with Crippen LogP contribution in [0.4, 0.5) is 0 Å². The largest absolute Gasteiger partial charge is 0.395 e. The van der Waals surface area contributed by atoms with E-state index >= 15 is 0 Å². The third-order valence-corrected chi connectivity index (χ3v) is 2.49. The Bertz CT molecular complexity index is 236. The lowest BCUT2D eigenvalue weighted by atomic mass is 10.6. The van der Waals surface area contributed by atoms with Crippen LogP contribution in [0, 0.1) is 3.70 Å². The monoisotopic (exact) mass is 378 g/mol. The van der Waals surface area contributed by atoms with E-state index in [0.717, 1.165) is 14.0 Å². The van der Waals surface area contributed by atoms with Crippen molar-refractivity contribution < 1.29 is 5.11 Å². The van der Waals surface area contributed by atoms with E-state index in [4.69, 9.17) is 5.11 Å². The van der Waals surface area contributed by atoms with Gasteiger partial charge in [0.1, 0.15) is 9.53 Å². The van der Waals surface area contributed by atoms with Gasteiger partial charge in [-0.25, -0.2) is 4.98 Å². The molecule has 1 rings (SSSR count). The topological polar surface area (TPSA) is 38.0 Å². The lowest BCUT2D eigenvalue weighted by Crippen LogP contribution is -2.04. The van der Waals surface area contributed by atoms with Gasteiger partial charge in [-0.2, -0.15) is 0 Å². The summed E-state index contributed by atoms with van der Waals surface area (Å²) in [6.45, 7) is 0.824. The summed E-state index contributed by atoms with van der Waals surface area (Å²) in [5.74, 6) is 1.03. The van der Waals surface area contributed by atoms with Crippen LogP contribution >= 0.6 is 45.2 Å². The molecule has 0 aliphatic carbocycles. The van der Waals surface area contributed by atoms with Crippen LogP contribution in [0.2, 0.25) is 0 Å². The first-order chi connectivity index (χ1) is 5.27. The van der Waals surface area contributed by atoms with Gasteiger partial charge in [0.15, 0.2) is 0 Å². The second-order valence-electron chi connectivity index (χ2n) is 2.03. The Morgan fingerprint density at radius 2 is 2.36 bits per heavy atom. The molecule has 0 bridgehead atoms. The molecule has 11 heavy (non-hydrogen) atoms. The Labute approximate surface area is 92.5 Å². The zero-order valence-corrected chi connectivity index (χ0v) is 10.1. The normalized spacial score (nSPS) is 10.5. The maximum Gasteiger partial charge on any atom is 0.119 e. The van der Waals surface area contributed by atoms with Crippen LogP contribution in [0.25, 0.3) is 0 Å². The highest BCUT2D eigenvalue weighted by Gasteiger charge is 2.02. The highest BCUT2D eigenvalue weighted by Crippen LogP contribution is 2.09. The van der Waals surface area contributed by atoms with Crippen LogP contribution in [0.5, 0.6) is 0 Å². The van der Waals surface area contributed by atoms with E-state index in [1.807, 2.05) is 10.8 Å². The Morgan fingerprint density at radius 3 is 2.91 bits per heavy atom. The zero-order valence-electron chi connectivity index (χ0n) is 5.80. The fourth-order valence-corrected chi connectivity index (χ4v) is 2.05. The summed E-state index contributed by atoms with van der Waals surface area (Å²) in [6.07, 6.45) is 1.95. The Hall–Kier alpha value is 0.630. The molecule has 0 aliphatic rings. The Balaban J connectivity index is 2.83. The molecule has 62 valence electrons. The van der Waals surface area contributed by atoms with Crippen molar-refractivity contribution in [3.05, 3.63) is 15.7 Å². The van der Waals surface area contributed by atoms with Gasteiger partial charge in [-0.05, 0) is 22.6 Å². The minimum absolute atomic E-state index is 0.177. The van der Waals surface area contributed by atoms with E-state index < -0.39 is 0 Å². The van der Waals surface area contributed by atoms with Crippen LogP contribution in [0.1, 0.15) is 5.82 Å². The molecule has 1 aromatic rings. The minimum atomic E-state index is 0.177. The van der Waals surface area contributed by atoms with Crippen molar-refractivity contribution in [3.63, 3.8) is 0 Å². The molecule has 3 nitrogen and oxygen atoms in total. The SMILES string of the molecule is OCCn1cc(I)nc1CI. The van der Waals surface area contributed by atoms with Gasteiger partial charge in [-0.15, -0.1) is 0 Å². The third kappa shape index (κ3) is 2.55. The summed E-state index contributed by atoms with van der Waals surface area (Å²) in [6, 6.07) is 0. The number of hydrogen-bond donors (Lipinski definition) is 1. The molecule has 0 unspecified atom stereocenters. The quantitative estimate of drug-likeness (QED) is 0.639. The van der Waals surface area contributed by atoms with E-state index in [1.54, 1.807) is 0 Å². The third-order valence-electron chi connectivity index (χ3n) is 1.29. The smallest absolute Gasteiger partial charge is 0.119 e. The molecule has 1 N–H and O–H groups in total. The van der Waals surface area contributed by atoms with Gasteiger partial charge in [-0.1, -0.05) is 22.6 Å². The van der Waals surface area contributed by atoms with Gasteiger partial charge in [0.25, 0.3) is 0 Å². The highest BCUT2D eigenvalue weighted by atomic mass is 127. The number of alkyl halides is 1. The Morgan fingerprint density at radius 1 is 1.64 bits per heavy atom. The Kier molecular flexibility index (Phi) is 4.07. The van der Waals surface area contributed by atoms with Gasteiger partial charge in [0.2, 0.25) is 0 Å². The van der Waals surface area contributed by atoms with E-state index in [9.17, 15) is 0 Å². The lowest BCUT2D eigenvalue weighted by Gasteiger charge is -2.00. The molecule has 0 radical (unpaired) electrons. The zero-order chi connectivity index (χ0) is 8.27. The second kappa shape index (κ2) is 4.61. The number of halogens is 2. The van der Waals surface area contributed by atoms with E-state index in [1.165, 1.54) is 0 Å². The average molecular weight is 378 g/mol. The highest BCUT2D eigenvalue weighted by molar-refractivity contribution is 14.1. The lowest BCUT2D eigenvalue weighted by molar-refractivity contribution is 0.274. The number of aliphatic hydroxyl groups is 1. The summed E-state index contributed by atoms with van der Waals surface area (Å²) in [5, 5.41) is 8.70. The molecule has 0 saturated carbocycles. The predicted molar refractivity (Wildman–Crippen MR) is 59.8 cm³/mol. The van der Waals surface area contributed by atoms with Crippen LogP contribution in [-0.4, -0.2) is 21.3 Å². The van der Waals surface area contributed by atoms with Crippen molar-refractivity contribution in [2.75, 3.05) is 6.61 Å². The molecule has 1 aromatic heterocycles. The second-order valence-corrected chi connectivity index (χ2v) is 3.90. The number of imidazole rings is 1. The summed E-state index contributed by atoms with van der Waals surface area (Å²) < 4.78 is 3.86. The summed E-state index contributed by atoms with van der Waals surface area (Å²) in [5.41, 5.74) is 0. The van der Waals surface area contributed by atoms with Gasteiger partial charge >= 0.3 is 0 Å². The molecular formula is C6H8I2N2O. The molecule has 0 saturated heterocycles. The van der Waals surface area contributed by atoms with Crippen LogP contribution in [0.3, 0.4) is 0 Å². The summed E-state index contributed by atoms with van der Waals surface area (Å²) >= 11 is 4.44. The molecule has 0 spiro atoms. The molecule has 0 amide bonds. The fraction of sp³-hybridized carbons (Fsp3) is 0.500. The first-order valence-corrected chi connectivity index (χ1v) is 5.76. The van der Waals surface area contributed by atoms with E-state index in [2.05, 4.69) is 50.2 Å². The molecular weight excluding hydrogens is 370 g/mol. The molecule has 1 heterocycles. The number of aliphatic hydroxyl groups excluding tert-OH is 1. The summed E-state index contributed by atoms with van der Waals surface area (Å²) in [7, 11) is 0. The molecule has 0 fully saturated rings. The number of nitrogens with zero attached hydrogens (tertiary/aromatic N) is 2. The predicted octanol–water partition coefficient (Wildman–Crippen LogP) is 1.42. The summed E-state index contributed by atoms with van der Waals surface area (Å²) in [4.78, 5) is 4.28. The average Bonchev–Trinajstić information content (AvgIpc) is 2.32.